The molecule has 2 unspecified atom stereocenters. The van der Waals surface area contributed by atoms with Crippen molar-refractivity contribution < 1.29 is 19.0 Å². The quantitative estimate of drug-likeness (QED) is 0.275. The zero-order valence-electron chi connectivity index (χ0n) is 15.0. The van der Waals surface area contributed by atoms with E-state index in [4.69, 9.17) is 14.2 Å². The average molecular weight is 540 g/mol. The van der Waals surface area contributed by atoms with Gasteiger partial charge in [-0.2, -0.15) is 0 Å². The van der Waals surface area contributed by atoms with Crippen LogP contribution in [-0.4, -0.2) is 50.9 Å². The molecule has 2 aliphatic heterocycles. The zero-order valence-corrected chi connectivity index (χ0v) is 18.9. The highest BCUT2D eigenvalue weighted by Crippen LogP contribution is 2.39. The van der Waals surface area contributed by atoms with E-state index in [1.165, 1.54) is 7.11 Å². The largest absolute Gasteiger partial charge is 0.469 e. The number of hydrogen-bond donors (Lipinski definition) is 1. The lowest BCUT2D eigenvalue weighted by Gasteiger charge is -2.21. The van der Waals surface area contributed by atoms with Gasteiger partial charge in [0.05, 0.1) is 17.5 Å². The fourth-order valence-electron chi connectivity index (χ4n) is 3.23. The van der Waals surface area contributed by atoms with Gasteiger partial charge in [0.15, 0.2) is 17.5 Å². The summed E-state index contributed by atoms with van der Waals surface area (Å²) in [4.78, 5) is 18.3. The summed E-state index contributed by atoms with van der Waals surface area (Å²) in [5.74, 6) is 2.19. The molecule has 0 aromatic heterocycles. The Morgan fingerprint density at radius 3 is 2.88 bits per heavy atom. The van der Waals surface area contributed by atoms with E-state index in [0.717, 1.165) is 34.0 Å². The van der Waals surface area contributed by atoms with E-state index < -0.39 is 0 Å². The number of benzene rings is 1. The summed E-state index contributed by atoms with van der Waals surface area (Å²) in [5, 5.41) is 3.35. The van der Waals surface area contributed by atoms with Crippen LogP contribution in [0.3, 0.4) is 0 Å². The Balaban J connectivity index is 0.00000243. The molecule has 7 nitrogen and oxygen atoms in total. The van der Waals surface area contributed by atoms with Crippen molar-refractivity contribution in [2.75, 3.05) is 34.0 Å². The number of esters is 1. The molecule has 2 heterocycles. The number of nitrogens with one attached hydrogen (secondary N) is 1. The number of rotatable bonds is 3. The molecule has 9 heteroatoms. The number of ether oxygens (including phenoxy) is 3. The Hall–Kier alpha value is -1.23. The van der Waals surface area contributed by atoms with Crippen LogP contribution in [0.1, 0.15) is 12.5 Å². The van der Waals surface area contributed by atoms with Gasteiger partial charge in [0, 0.05) is 26.7 Å². The van der Waals surface area contributed by atoms with Gasteiger partial charge in [-0.25, -0.2) is 0 Å². The van der Waals surface area contributed by atoms with Crippen LogP contribution in [0.4, 0.5) is 0 Å². The number of methoxy groups -OCH3 is 1. The zero-order chi connectivity index (χ0) is 18.0. The lowest BCUT2D eigenvalue weighted by atomic mass is 9.99. The van der Waals surface area contributed by atoms with Gasteiger partial charge in [0.25, 0.3) is 0 Å². The molecular weight excluding hydrogens is 517 g/mol. The third-order valence-corrected chi connectivity index (χ3v) is 5.15. The molecule has 3 rings (SSSR count). The number of carbonyl (C=O) groups excluding carboxylic acids is 1. The van der Waals surface area contributed by atoms with Crippen LogP contribution in [0.2, 0.25) is 0 Å². The molecule has 0 aliphatic carbocycles. The fraction of sp³-hybridized carbons (Fsp3) is 0.529. The van der Waals surface area contributed by atoms with E-state index in [-0.39, 0.29) is 48.6 Å². The van der Waals surface area contributed by atoms with E-state index in [9.17, 15) is 4.79 Å². The number of guanidine groups is 1. The highest BCUT2D eigenvalue weighted by molar-refractivity contribution is 14.0. The molecule has 0 radical (unpaired) electrons. The molecule has 2 atom stereocenters. The highest BCUT2D eigenvalue weighted by atomic mass is 127. The molecule has 1 N–H and O–H groups in total. The van der Waals surface area contributed by atoms with Gasteiger partial charge >= 0.3 is 5.97 Å². The third-order valence-electron chi connectivity index (χ3n) is 4.57. The molecule has 144 valence electrons. The summed E-state index contributed by atoms with van der Waals surface area (Å²) < 4.78 is 16.6. The topological polar surface area (TPSA) is 72.4 Å². The monoisotopic (exact) mass is 539 g/mol. The maximum absolute atomic E-state index is 11.9. The van der Waals surface area contributed by atoms with Gasteiger partial charge in [-0.15, -0.1) is 24.0 Å². The predicted molar refractivity (Wildman–Crippen MR) is 112 cm³/mol. The first kappa shape index (κ1) is 21.1. The average Bonchev–Trinajstić information content (AvgIpc) is 3.22. The fourth-order valence-corrected chi connectivity index (χ4v) is 3.84. The lowest BCUT2D eigenvalue weighted by molar-refractivity contribution is -0.145. The predicted octanol–water partition coefficient (Wildman–Crippen LogP) is 2.61. The van der Waals surface area contributed by atoms with Crippen LogP contribution in [-0.2, 0) is 16.1 Å². The van der Waals surface area contributed by atoms with E-state index >= 15 is 0 Å². The van der Waals surface area contributed by atoms with E-state index in [0.29, 0.717) is 13.1 Å². The van der Waals surface area contributed by atoms with Crippen LogP contribution in [0.25, 0.3) is 0 Å². The summed E-state index contributed by atoms with van der Waals surface area (Å²) in [7, 11) is 3.18. The second-order valence-corrected chi connectivity index (χ2v) is 7.08. The summed E-state index contributed by atoms with van der Waals surface area (Å²) in [6.07, 6.45) is 0. The Kier molecular flexibility index (Phi) is 7.39. The number of aliphatic imine (C=N–C) groups is 1. The van der Waals surface area contributed by atoms with Crippen LogP contribution in [0, 0.1) is 11.8 Å². The van der Waals surface area contributed by atoms with E-state index in [1.807, 2.05) is 12.1 Å². The molecule has 0 bridgehead atoms. The van der Waals surface area contributed by atoms with Crippen LogP contribution < -0.4 is 14.8 Å². The first-order valence-electron chi connectivity index (χ1n) is 8.15. The molecule has 26 heavy (non-hydrogen) atoms. The molecule has 2 aliphatic rings. The van der Waals surface area contributed by atoms with Crippen molar-refractivity contribution in [1.29, 1.82) is 0 Å². The van der Waals surface area contributed by atoms with Crippen molar-refractivity contribution in [3.63, 3.8) is 0 Å². The van der Waals surface area contributed by atoms with Gasteiger partial charge in [-0.1, -0.05) is 6.92 Å². The van der Waals surface area contributed by atoms with Crippen LogP contribution in [0.5, 0.6) is 11.5 Å². The summed E-state index contributed by atoms with van der Waals surface area (Å²) in [6, 6.07) is 3.95. The summed E-state index contributed by atoms with van der Waals surface area (Å²) in [6.45, 7) is 4.27. The standard InChI is InChI=1S/C17H22BrN3O4.HI/c1-10-7-21(8-12(10)16(22)23-3)17(19-2)20-6-11-4-13(18)15-14(5-11)24-9-25-15;/h4-5,10,12H,6-9H2,1-3H3,(H,19,20);1H. The van der Waals surface area contributed by atoms with Crippen molar-refractivity contribution in [3.8, 4) is 11.5 Å². The van der Waals surface area contributed by atoms with Gasteiger partial charge in [0.1, 0.15) is 0 Å². The Bertz CT molecular complexity index is 701. The number of fused-ring (bicyclic) bond motifs is 1. The van der Waals surface area contributed by atoms with Crippen molar-refractivity contribution in [1.82, 2.24) is 10.2 Å². The van der Waals surface area contributed by atoms with Crippen molar-refractivity contribution in [2.24, 2.45) is 16.8 Å². The molecule has 1 saturated heterocycles. The number of hydrogen-bond acceptors (Lipinski definition) is 5. The van der Waals surface area contributed by atoms with Crippen LogP contribution >= 0.6 is 39.9 Å². The molecule has 1 fully saturated rings. The highest BCUT2D eigenvalue weighted by Gasteiger charge is 2.36. The van der Waals surface area contributed by atoms with E-state index in [1.54, 1.807) is 7.05 Å². The van der Waals surface area contributed by atoms with Gasteiger partial charge in [0.2, 0.25) is 6.79 Å². The smallest absolute Gasteiger partial charge is 0.310 e. The Morgan fingerprint density at radius 1 is 1.42 bits per heavy atom. The number of likely N-dealkylation sites (tertiary alicyclic amines) is 1. The van der Waals surface area contributed by atoms with Crippen LogP contribution in [0.15, 0.2) is 21.6 Å². The first-order chi connectivity index (χ1) is 12.0. The summed E-state index contributed by atoms with van der Waals surface area (Å²) in [5.41, 5.74) is 1.05. The van der Waals surface area contributed by atoms with Gasteiger partial charge < -0.3 is 24.4 Å². The molecule has 1 aromatic carbocycles. The third kappa shape index (κ3) is 4.36. The number of nitrogens with zero attached hydrogens (tertiary/aromatic N) is 2. The first-order valence-corrected chi connectivity index (χ1v) is 8.94. The minimum Gasteiger partial charge on any atom is -0.469 e. The summed E-state index contributed by atoms with van der Waals surface area (Å²) >= 11 is 3.50. The van der Waals surface area contributed by atoms with Crippen molar-refractivity contribution in [3.05, 3.63) is 22.2 Å². The SMILES string of the molecule is CN=C(NCc1cc(Br)c2c(c1)OCO2)N1CC(C)C(C(=O)OC)C1.I. The normalized spacial score (nSPS) is 21.4. The van der Waals surface area contributed by atoms with Crippen molar-refractivity contribution >= 4 is 51.8 Å². The molecule has 0 spiro atoms. The number of carbonyl (C=O) groups is 1. The minimum absolute atomic E-state index is 0. The van der Waals surface area contributed by atoms with Gasteiger partial charge in [-0.3, -0.25) is 9.79 Å². The second kappa shape index (κ2) is 9.12. The van der Waals surface area contributed by atoms with E-state index in [2.05, 4.69) is 38.1 Å². The number of halogens is 2. The van der Waals surface area contributed by atoms with Crippen molar-refractivity contribution in [2.45, 2.75) is 13.5 Å². The van der Waals surface area contributed by atoms with Gasteiger partial charge in [-0.05, 0) is 39.5 Å². The Morgan fingerprint density at radius 2 is 2.19 bits per heavy atom. The lowest BCUT2D eigenvalue weighted by Crippen LogP contribution is -2.40. The molecule has 1 aromatic rings. The minimum atomic E-state index is -0.162. The second-order valence-electron chi connectivity index (χ2n) is 6.22. The maximum Gasteiger partial charge on any atom is 0.310 e. The molecule has 0 saturated carbocycles. The Labute approximate surface area is 178 Å². The molecule has 0 amide bonds. The molecular formula is C17H23BrIN3O4. The maximum atomic E-state index is 11.9.